The molecule has 2 aromatic heterocycles. The maximum absolute atomic E-state index is 14.8. The zero-order valence-corrected chi connectivity index (χ0v) is 17.6. The second-order valence-corrected chi connectivity index (χ2v) is 7.64. The molecule has 0 atom stereocenters. The number of pyridine rings is 1. The fourth-order valence-corrected chi connectivity index (χ4v) is 3.95. The van der Waals surface area contributed by atoms with Gasteiger partial charge in [0.15, 0.2) is 5.82 Å². The molecule has 0 bridgehead atoms. The van der Waals surface area contributed by atoms with Crippen LogP contribution in [0.15, 0.2) is 35.3 Å². The first kappa shape index (κ1) is 20.9. The van der Waals surface area contributed by atoms with E-state index in [1.54, 1.807) is 25.2 Å². The van der Waals surface area contributed by atoms with E-state index in [9.17, 15) is 14.0 Å². The summed E-state index contributed by atoms with van der Waals surface area (Å²) in [4.78, 5) is 38.7. The van der Waals surface area contributed by atoms with Gasteiger partial charge in [0, 0.05) is 39.8 Å². The monoisotopic (exact) mass is 424 g/mol. The summed E-state index contributed by atoms with van der Waals surface area (Å²) in [5.41, 5.74) is 3.05. The van der Waals surface area contributed by atoms with Gasteiger partial charge in [0.25, 0.3) is 11.5 Å². The first-order chi connectivity index (χ1) is 15.0. The van der Waals surface area contributed by atoms with E-state index in [1.165, 1.54) is 0 Å². The van der Waals surface area contributed by atoms with E-state index in [2.05, 4.69) is 30.1 Å². The molecule has 3 aromatic rings. The van der Waals surface area contributed by atoms with Crippen molar-refractivity contribution in [1.29, 1.82) is 0 Å². The van der Waals surface area contributed by atoms with Gasteiger partial charge in [-0.15, -0.1) is 0 Å². The lowest BCUT2D eigenvalue weighted by Gasteiger charge is -2.36. The van der Waals surface area contributed by atoms with Crippen molar-refractivity contribution in [2.45, 2.75) is 13.3 Å². The molecule has 9 heteroatoms. The number of rotatable bonds is 5. The highest BCUT2D eigenvalue weighted by Crippen LogP contribution is 2.21. The van der Waals surface area contributed by atoms with E-state index in [0.717, 1.165) is 50.3 Å². The normalized spacial score (nSPS) is 14.7. The largest absolute Gasteiger partial charge is 0.368 e. The molecule has 0 saturated carbocycles. The minimum absolute atomic E-state index is 0.165. The molecule has 2 N–H and O–H groups in total. The van der Waals surface area contributed by atoms with Crippen LogP contribution in [0.4, 0.5) is 10.1 Å². The number of benzene rings is 1. The summed E-state index contributed by atoms with van der Waals surface area (Å²) in [6.45, 7) is 6.01. The summed E-state index contributed by atoms with van der Waals surface area (Å²) in [5.74, 6) is -0.598. The highest BCUT2D eigenvalue weighted by molar-refractivity contribution is 5.92. The van der Waals surface area contributed by atoms with Crippen molar-refractivity contribution in [1.82, 2.24) is 25.2 Å². The number of halogens is 1. The number of aromatic nitrogens is 3. The van der Waals surface area contributed by atoms with Gasteiger partial charge in [-0.05, 0) is 37.1 Å². The van der Waals surface area contributed by atoms with Crippen molar-refractivity contribution in [3.8, 4) is 0 Å². The molecule has 4 rings (SSSR count). The zero-order chi connectivity index (χ0) is 22.0. The Morgan fingerprint density at radius 1 is 1.19 bits per heavy atom. The lowest BCUT2D eigenvalue weighted by Crippen LogP contribution is -2.47. The molecule has 1 aliphatic heterocycles. The molecule has 8 nitrogen and oxygen atoms in total. The average molecular weight is 424 g/mol. The number of nitrogens with zero attached hydrogens (tertiary/aromatic N) is 4. The second kappa shape index (κ2) is 8.81. The predicted molar refractivity (Wildman–Crippen MR) is 117 cm³/mol. The Kier molecular flexibility index (Phi) is 5.94. The minimum atomic E-state index is -0.409. The summed E-state index contributed by atoms with van der Waals surface area (Å²) in [7, 11) is 1.59. The van der Waals surface area contributed by atoms with Gasteiger partial charge < -0.3 is 15.2 Å². The SMILES string of the molecule is CNC(=O)c1ccc(N2CCN(CCc3ccc4ncc(=O)[nH]c4c3F)CC2)c(C)n1. The Balaban J connectivity index is 1.37. The Hall–Kier alpha value is -3.33. The highest BCUT2D eigenvalue weighted by atomic mass is 19.1. The van der Waals surface area contributed by atoms with Crippen LogP contribution in [0.3, 0.4) is 0 Å². The van der Waals surface area contributed by atoms with Crippen LogP contribution in [0, 0.1) is 12.7 Å². The summed E-state index contributed by atoms with van der Waals surface area (Å²) >= 11 is 0. The van der Waals surface area contributed by atoms with E-state index >= 15 is 0 Å². The number of aromatic amines is 1. The fourth-order valence-electron chi connectivity index (χ4n) is 3.95. The van der Waals surface area contributed by atoms with E-state index in [1.807, 2.05) is 13.0 Å². The number of nitrogens with one attached hydrogen (secondary N) is 2. The number of carbonyl (C=O) groups is 1. The topological polar surface area (TPSA) is 94.2 Å². The maximum atomic E-state index is 14.8. The Labute approximate surface area is 179 Å². The molecule has 0 aliphatic carbocycles. The number of hydrogen-bond donors (Lipinski definition) is 2. The van der Waals surface area contributed by atoms with E-state index < -0.39 is 11.4 Å². The molecule has 0 unspecified atom stereocenters. The molecular weight excluding hydrogens is 399 g/mol. The molecule has 31 heavy (non-hydrogen) atoms. The first-order valence-corrected chi connectivity index (χ1v) is 10.3. The molecular formula is C22H25FN6O2. The molecule has 0 radical (unpaired) electrons. The van der Waals surface area contributed by atoms with Crippen molar-refractivity contribution in [3.63, 3.8) is 0 Å². The van der Waals surface area contributed by atoms with Crippen molar-refractivity contribution >= 4 is 22.6 Å². The van der Waals surface area contributed by atoms with Gasteiger partial charge in [-0.25, -0.2) is 14.4 Å². The van der Waals surface area contributed by atoms with E-state index in [4.69, 9.17) is 0 Å². The minimum Gasteiger partial charge on any atom is -0.368 e. The van der Waals surface area contributed by atoms with Gasteiger partial charge in [0.05, 0.1) is 23.1 Å². The Bertz CT molecular complexity index is 1170. The van der Waals surface area contributed by atoms with Crippen LogP contribution in [-0.2, 0) is 6.42 Å². The number of piperazine rings is 1. The molecule has 0 spiro atoms. The second-order valence-electron chi connectivity index (χ2n) is 7.64. The van der Waals surface area contributed by atoms with Gasteiger partial charge >= 0.3 is 0 Å². The summed E-state index contributed by atoms with van der Waals surface area (Å²) in [6.07, 6.45) is 1.71. The first-order valence-electron chi connectivity index (χ1n) is 10.3. The molecule has 3 heterocycles. The summed E-state index contributed by atoms with van der Waals surface area (Å²) in [6, 6.07) is 7.17. The van der Waals surface area contributed by atoms with Crippen LogP contribution in [0.2, 0.25) is 0 Å². The predicted octanol–water partition coefficient (Wildman–Crippen LogP) is 1.49. The molecule has 1 aromatic carbocycles. The van der Waals surface area contributed by atoms with Crippen molar-refractivity contribution < 1.29 is 9.18 Å². The highest BCUT2D eigenvalue weighted by Gasteiger charge is 2.20. The van der Waals surface area contributed by atoms with Crippen molar-refractivity contribution in [2.24, 2.45) is 0 Å². The maximum Gasteiger partial charge on any atom is 0.269 e. The smallest absolute Gasteiger partial charge is 0.269 e. The summed E-state index contributed by atoms with van der Waals surface area (Å²) < 4.78 is 14.8. The van der Waals surface area contributed by atoms with Gasteiger partial charge in [-0.2, -0.15) is 0 Å². The van der Waals surface area contributed by atoms with Gasteiger partial charge in [0.1, 0.15) is 11.2 Å². The van der Waals surface area contributed by atoms with Crippen LogP contribution in [-0.4, -0.2) is 65.5 Å². The number of aryl methyl sites for hydroxylation is 1. The molecule has 162 valence electrons. The van der Waals surface area contributed by atoms with Gasteiger partial charge in [-0.3, -0.25) is 14.5 Å². The quantitative estimate of drug-likeness (QED) is 0.645. The van der Waals surface area contributed by atoms with E-state index in [0.29, 0.717) is 23.2 Å². The number of amides is 1. The summed E-state index contributed by atoms with van der Waals surface area (Å²) in [5, 5.41) is 2.59. The molecule has 1 aliphatic rings. The molecule has 1 fully saturated rings. The van der Waals surface area contributed by atoms with Gasteiger partial charge in [-0.1, -0.05) is 6.07 Å². The number of carbonyl (C=O) groups excluding carboxylic acids is 1. The third kappa shape index (κ3) is 4.41. The number of hydrogen-bond acceptors (Lipinski definition) is 6. The van der Waals surface area contributed by atoms with Crippen LogP contribution in [0.5, 0.6) is 0 Å². The van der Waals surface area contributed by atoms with Crippen LogP contribution in [0.1, 0.15) is 21.7 Å². The fraction of sp³-hybridized carbons (Fsp3) is 0.364. The molecule has 1 saturated heterocycles. The lowest BCUT2D eigenvalue weighted by molar-refractivity contribution is 0.0958. The third-order valence-corrected chi connectivity index (χ3v) is 5.70. The van der Waals surface area contributed by atoms with Crippen LogP contribution in [0.25, 0.3) is 11.0 Å². The average Bonchev–Trinajstić information content (AvgIpc) is 2.79. The van der Waals surface area contributed by atoms with Crippen LogP contribution < -0.4 is 15.8 Å². The standard InChI is InChI=1S/C22H25FN6O2/c1-14-18(6-5-17(26-14)22(31)24-2)29-11-9-28(10-12-29)8-7-15-3-4-16-21(20(15)23)27-19(30)13-25-16/h3-6,13H,7-12H2,1-2H3,(H,24,31)(H,27,30). The number of anilines is 1. The molecule has 1 amide bonds. The number of fused-ring (bicyclic) bond motifs is 1. The number of H-pyrrole nitrogens is 1. The zero-order valence-electron chi connectivity index (χ0n) is 17.6. The van der Waals surface area contributed by atoms with Gasteiger partial charge in [0.2, 0.25) is 0 Å². The third-order valence-electron chi connectivity index (χ3n) is 5.70. The Morgan fingerprint density at radius 2 is 1.97 bits per heavy atom. The van der Waals surface area contributed by atoms with E-state index in [-0.39, 0.29) is 11.4 Å². The van der Waals surface area contributed by atoms with Crippen molar-refractivity contribution in [3.05, 3.63) is 63.6 Å². The van der Waals surface area contributed by atoms with Crippen LogP contribution >= 0.6 is 0 Å². The lowest BCUT2D eigenvalue weighted by atomic mass is 10.1. The van der Waals surface area contributed by atoms with Crippen molar-refractivity contribution in [2.75, 3.05) is 44.7 Å². The Morgan fingerprint density at radius 3 is 2.68 bits per heavy atom.